The van der Waals surface area contributed by atoms with E-state index in [2.05, 4.69) is 23.5 Å². The number of carbonyl (C=O) groups excluding carboxylic acids is 1. The van der Waals surface area contributed by atoms with Crippen LogP contribution in [0.1, 0.15) is 23.9 Å². The largest absolute Gasteiger partial charge is 0.325 e. The van der Waals surface area contributed by atoms with Gasteiger partial charge in [-0.2, -0.15) is 0 Å². The quantitative estimate of drug-likeness (QED) is 0.850. The molecule has 0 aromatic carbocycles. The van der Waals surface area contributed by atoms with Gasteiger partial charge in [0.1, 0.15) is 5.83 Å². The van der Waals surface area contributed by atoms with Gasteiger partial charge in [-0.1, -0.05) is 13.2 Å². The number of amides is 1. The van der Waals surface area contributed by atoms with Crippen LogP contribution in [0.15, 0.2) is 19.2 Å². The summed E-state index contributed by atoms with van der Waals surface area (Å²) >= 11 is 0. The second-order valence-electron chi connectivity index (χ2n) is 3.34. The summed E-state index contributed by atoms with van der Waals surface area (Å²) in [6.07, 6.45) is 1.45. The molecule has 0 radical (unpaired) electrons. The average Bonchev–Trinajstić information content (AvgIpc) is 2.19. The molecule has 1 rings (SSSR count). The van der Waals surface area contributed by atoms with Crippen molar-refractivity contribution in [2.75, 3.05) is 5.32 Å². The van der Waals surface area contributed by atoms with E-state index in [4.69, 9.17) is 0 Å². The third-order valence-corrected chi connectivity index (χ3v) is 2.04. The predicted octanol–water partition coefficient (Wildman–Crippen LogP) is 2.93. The summed E-state index contributed by atoms with van der Waals surface area (Å²) in [6.45, 7) is 9.87. The lowest BCUT2D eigenvalue weighted by molar-refractivity contribution is -0.114. The maximum Gasteiger partial charge on any atom is 0.221 e. The zero-order valence-electron chi connectivity index (χ0n) is 9.30. The second-order valence-corrected chi connectivity index (χ2v) is 3.34. The van der Waals surface area contributed by atoms with Crippen molar-refractivity contribution in [3.63, 3.8) is 0 Å². The predicted molar refractivity (Wildman–Crippen MR) is 63.5 cm³/mol. The molecule has 0 spiro atoms. The molecular weight excluding hydrogens is 207 g/mol. The van der Waals surface area contributed by atoms with E-state index in [0.717, 1.165) is 0 Å². The van der Waals surface area contributed by atoms with Crippen LogP contribution in [-0.2, 0) is 4.79 Å². The van der Waals surface area contributed by atoms with Gasteiger partial charge in [-0.25, -0.2) is 4.39 Å². The second kappa shape index (κ2) is 4.70. The summed E-state index contributed by atoms with van der Waals surface area (Å²) in [7, 11) is 0. The number of aryl methyl sites for hydroxylation is 1. The maximum absolute atomic E-state index is 13.1. The van der Waals surface area contributed by atoms with Crippen LogP contribution in [-0.4, -0.2) is 10.9 Å². The summed E-state index contributed by atoms with van der Waals surface area (Å²) in [5.41, 5.74) is 1.74. The van der Waals surface area contributed by atoms with Gasteiger partial charge in [-0.3, -0.25) is 9.78 Å². The molecule has 0 saturated carbocycles. The summed E-state index contributed by atoms with van der Waals surface area (Å²) in [4.78, 5) is 15.1. The van der Waals surface area contributed by atoms with E-state index in [1.54, 1.807) is 6.92 Å². The first-order valence-electron chi connectivity index (χ1n) is 4.72. The molecule has 3 nitrogen and oxygen atoms in total. The molecule has 16 heavy (non-hydrogen) atoms. The summed E-state index contributed by atoms with van der Waals surface area (Å²) in [6, 6.07) is 1.50. The minimum absolute atomic E-state index is 0.230. The molecule has 1 heterocycles. The van der Waals surface area contributed by atoms with Crippen LogP contribution in [0.3, 0.4) is 0 Å². The summed E-state index contributed by atoms with van der Waals surface area (Å²) < 4.78 is 13.1. The molecule has 0 unspecified atom stereocenters. The molecule has 1 amide bonds. The smallest absolute Gasteiger partial charge is 0.221 e. The van der Waals surface area contributed by atoms with E-state index in [9.17, 15) is 9.18 Å². The van der Waals surface area contributed by atoms with Crippen molar-refractivity contribution in [1.82, 2.24) is 4.98 Å². The molecule has 1 N–H and O–H groups in total. The number of nitrogens with one attached hydrogen (secondary N) is 1. The van der Waals surface area contributed by atoms with Crippen LogP contribution >= 0.6 is 0 Å². The van der Waals surface area contributed by atoms with Crippen LogP contribution in [0.25, 0.3) is 11.9 Å². The highest BCUT2D eigenvalue weighted by Gasteiger charge is 2.10. The van der Waals surface area contributed by atoms with Crippen LogP contribution < -0.4 is 5.32 Å². The SMILES string of the molecule is C=Cc1nc(C)c(NC(C)=O)cc1C(=C)F. The lowest BCUT2D eigenvalue weighted by Crippen LogP contribution is -2.09. The number of hydrogen-bond acceptors (Lipinski definition) is 2. The molecule has 4 heteroatoms. The van der Waals surface area contributed by atoms with E-state index < -0.39 is 5.83 Å². The number of rotatable bonds is 3. The molecule has 0 aliphatic carbocycles. The first-order valence-corrected chi connectivity index (χ1v) is 4.72. The fourth-order valence-corrected chi connectivity index (χ4v) is 1.31. The Hall–Kier alpha value is -1.97. The van der Waals surface area contributed by atoms with Gasteiger partial charge in [-0.15, -0.1) is 0 Å². The van der Waals surface area contributed by atoms with Gasteiger partial charge in [0.15, 0.2) is 0 Å². The Balaban J connectivity index is 3.32. The molecule has 0 aliphatic heterocycles. The fourth-order valence-electron chi connectivity index (χ4n) is 1.31. The number of aromatic nitrogens is 1. The zero-order chi connectivity index (χ0) is 12.3. The monoisotopic (exact) mass is 220 g/mol. The molecule has 1 aromatic rings. The standard InChI is InChI=1S/C12H13FN2O/c1-5-11-10(7(2)13)6-12(8(3)14-11)15-9(4)16/h5-6H,1-2H2,3-4H3,(H,15,16). The molecular formula is C12H13FN2O. The van der Waals surface area contributed by atoms with Gasteiger partial charge >= 0.3 is 0 Å². The normalized spacial score (nSPS) is 9.69. The topological polar surface area (TPSA) is 42.0 Å². The Bertz CT molecular complexity index is 466. The maximum atomic E-state index is 13.1. The molecule has 0 atom stereocenters. The van der Waals surface area contributed by atoms with Gasteiger partial charge in [0.05, 0.1) is 17.1 Å². The first-order chi connectivity index (χ1) is 7.45. The molecule has 0 saturated heterocycles. The third kappa shape index (κ3) is 2.53. The number of anilines is 1. The fraction of sp³-hybridized carbons (Fsp3) is 0.167. The highest BCUT2D eigenvalue weighted by atomic mass is 19.1. The van der Waals surface area contributed by atoms with Gasteiger partial charge in [0.2, 0.25) is 5.91 Å². The highest BCUT2D eigenvalue weighted by molar-refractivity contribution is 5.90. The Kier molecular flexibility index (Phi) is 3.55. The van der Waals surface area contributed by atoms with Crippen molar-refractivity contribution in [3.8, 4) is 0 Å². The number of pyridine rings is 1. The van der Waals surface area contributed by atoms with E-state index >= 15 is 0 Å². The van der Waals surface area contributed by atoms with Gasteiger partial charge in [0.25, 0.3) is 0 Å². The van der Waals surface area contributed by atoms with Crippen LogP contribution in [0.2, 0.25) is 0 Å². The molecule has 1 aromatic heterocycles. The Labute approximate surface area is 93.7 Å². The Morgan fingerprint density at radius 1 is 1.62 bits per heavy atom. The van der Waals surface area contributed by atoms with E-state index in [-0.39, 0.29) is 11.5 Å². The van der Waals surface area contributed by atoms with Crippen molar-refractivity contribution in [2.45, 2.75) is 13.8 Å². The van der Waals surface area contributed by atoms with Gasteiger partial charge in [-0.05, 0) is 19.1 Å². The van der Waals surface area contributed by atoms with Gasteiger partial charge < -0.3 is 5.32 Å². The number of nitrogens with zero attached hydrogens (tertiary/aromatic N) is 1. The molecule has 0 bridgehead atoms. The number of carbonyl (C=O) groups is 1. The van der Waals surface area contributed by atoms with Crippen molar-refractivity contribution in [1.29, 1.82) is 0 Å². The molecule has 0 aliphatic rings. The van der Waals surface area contributed by atoms with Crippen LogP contribution in [0.4, 0.5) is 10.1 Å². The number of hydrogen-bond donors (Lipinski definition) is 1. The molecule has 0 fully saturated rings. The zero-order valence-corrected chi connectivity index (χ0v) is 9.30. The summed E-state index contributed by atoms with van der Waals surface area (Å²) in [5, 5.41) is 2.58. The Morgan fingerprint density at radius 2 is 2.25 bits per heavy atom. The van der Waals surface area contributed by atoms with Crippen molar-refractivity contribution in [2.24, 2.45) is 0 Å². The van der Waals surface area contributed by atoms with Crippen molar-refractivity contribution >= 4 is 23.5 Å². The van der Waals surface area contributed by atoms with E-state index in [1.807, 2.05) is 0 Å². The Morgan fingerprint density at radius 3 is 2.69 bits per heavy atom. The van der Waals surface area contributed by atoms with E-state index in [0.29, 0.717) is 17.1 Å². The third-order valence-electron chi connectivity index (χ3n) is 2.04. The molecule has 84 valence electrons. The summed E-state index contributed by atoms with van der Waals surface area (Å²) in [5.74, 6) is -0.833. The average molecular weight is 220 g/mol. The lowest BCUT2D eigenvalue weighted by atomic mass is 10.1. The minimum Gasteiger partial charge on any atom is -0.325 e. The number of halogens is 1. The highest BCUT2D eigenvalue weighted by Crippen LogP contribution is 2.24. The lowest BCUT2D eigenvalue weighted by Gasteiger charge is -2.10. The van der Waals surface area contributed by atoms with Gasteiger partial charge in [0, 0.05) is 12.5 Å². The van der Waals surface area contributed by atoms with Crippen LogP contribution in [0.5, 0.6) is 0 Å². The first kappa shape index (κ1) is 12.1. The van der Waals surface area contributed by atoms with Crippen molar-refractivity contribution in [3.05, 3.63) is 36.2 Å². The minimum atomic E-state index is -0.603. The van der Waals surface area contributed by atoms with Crippen LogP contribution in [0, 0.1) is 6.92 Å². The van der Waals surface area contributed by atoms with E-state index in [1.165, 1.54) is 19.1 Å². The van der Waals surface area contributed by atoms with Crippen molar-refractivity contribution < 1.29 is 9.18 Å².